The third-order valence-electron chi connectivity index (χ3n) is 2.47. The predicted octanol–water partition coefficient (Wildman–Crippen LogP) is 0.0445. The van der Waals surface area contributed by atoms with Gasteiger partial charge < -0.3 is 0 Å². The molecule has 14 heavy (non-hydrogen) atoms. The van der Waals surface area contributed by atoms with Gasteiger partial charge in [-0.05, 0) is 19.4 Å². The highest BCUT2D eigenvalue weighted by Crippen LogP contribution is 2.13. The van der Waals surface area contributed by atoms with Crippen molar-refractivity contribution in [2.24, 2.45) is 12.9 Å². The van der Waals surface area contributed by atoms with Crippen LogP contribution in [0.4, 0.5) is 0 Å². The molecule has 0 bridgehead atoms. The monoisotopic (exact) mass is 192 g/mol. The molecule has 76 valence electrons. The molecule has 0 spiro atoms. The molecule has 0 aliphatic rings. The Balaban J connectivity index is 2.91. The van der Waals surface area contributed by atoms with Crippen LogP contribution in [0.25, 0.3) is 0 Å². The summed E-state index contributed by atoms with van der Waals surface area (Å²) in [6.45, 7) is 4.01. The normalized spacial score (nSPS) is 12.5. The summed E-state index contributed by atoms with van der Waals surface area (Å²) in [5.74, 6) is 7.91. The molecule has 0 amide bonds. The molecule has 0 aliphatic heterocycles. The van der Waals surface area contributed by atoms with Crippen molar-refractivity contribution < 1.29 is 0 Å². The molecule has 0 saturated carbocycles. The van der Waals surface area contributed by atoms with E-state index in [2.05, 4.69) is 16.4 Å². The highest BCUT2D eigenvalue weighted by molar-refractivity contribution is 5.27. The van der Waals surface area contributed by atoms with E-state index in [-0.39, 0.29) is 6.04 Å². The van der Waals surface area contributed by atoms with Crippen LogP contribution in [-0.4, -0.2) is 15.8 Å². The van der Waals surface area contributed by atoms with E-state index in [1.807, 2.05) is 25.6 Å². The summed E-state index contributed by atoms with van der Waals surface area (Å²) >= 11 is 0. The Hall–Kier alpha value is -1.31. The molecule has 1 unspecified atom stereocenters. The number of nitrogens with zero attached hydrogens (tertiary/aromatic N) is 2. The van der Waals surface area contributed by atoms with Crippen molar-refractivity contribution in [3.05, 3.63) is 17.0 Å². The molecular formula is C10H16N4. The first-order valence-electron chi connectivity index (χ1n) is 4.51. The van der Waals surface area contributed by atoms with Crippen molar-refractivity contribution in [1.29, 1.82) is 0 Å². The summed E-state index contributed by atoms with van der Waals surface area (Å²) in [5, 5.41) is 4.31. The van der Waals surface area contributed by atoms with Crippen molar-refractivity contribution in [1.82, 2.24) is 15.2 Å². The fourth-order valence-electron chi connectivity index (χ4n) is 1.48. The molecule has 0 saturated heterocycles. The molecule has 0 fully saturated rings. The van der Waals surface area contributed by atoms with Crippen LogP contribution < -0.4 is 11.3 Å². The van der Waals surface area contributed by atoms with Gasteiger partial charge in [0.15, 0.2) is 0 Å². The number of hydrazine groups is 1. The lowest BCUT2D eigenvalue weighted by molar-refractivity contribution is 0.630. The highest BCUT2D eigenvalue weighted by Gasteiger charge is 2.12. The molecule has 4 nitrogen and oxygen atoms in total. The molecule has 1 aromatic rings. The number of aromatic nitrogens is 2. The largest absolute Gasteiger partial charge is 0.272 e. The zero-order valence-corrected chi connectivity index (χ0v) is 8.83. The quantitative estimate of drug-likeness (QED) is 0.404. The molecular weight excluding hydrogens is 176 g/mol. The molecule has 0 aliphatic carbocycles. The second kappa shape index (κ2) is 4.27. The van der Waals surface area contributed by atoms with Crippen LogP contribution in [0.2, 0.25) is 0 Å². The van der Waals surface area contributed by atoms with Gasteiger partial charge in [-0.15, -0.1) is 6.42 Å². The summed E-state index contributed by atoms with van der Waals surface area (Å²) in [6, 6.07) is -0.128. The van der Waals surface area contributed by atoms with Gasteiger partial charge in [-0.1, -0.05) is 5.92 Å². The van der Waals surface area contributed by atoms with Crippen LogP contribution in [0.5, 0.6) is 0 Å². The summed E-state index contributed by atoms with van der Waals surface area (Å²) in [5.41, 5.74) is 5.92. The number of aryl methyl sites for hydroxylation is 2. The second-order valence-corrected chi connectivity index (χ2v) is 3.36. The van der Waals surface area contributed by atoms with Crippen molar-refractivity contribution in [2.75, 3.05) is 0 Å². The van der Waals surface area contributed by atoms with Gasteiger partial charge >= 0.3 is 0 Å². The average Bonchev–Trinajstić information content (AvgIpc) is 2.40. The fraction of sp³-hybridized carbons (Fsp3) is 0.500. The van der Waals surface area contributed by atoms with Gasteiger partial charge in [-0.25, -0.2) is 5.43 Å². The first kappa shape index (κ1) is 10.8. The fourth-order valence-corrected chi connectivity index (χ4v) is 1.48. The molecule has 1 atom stereocenters. The van der Waals surface area contributed by atoms with Crippen molar-refractivity contribution in [2.45, 2.75) is 26.3 Å². The first-order valence-corrected chi connectivity index (χ1v) is 4.51. The van der Waals surface area contributed by atoms with Crippen LogP contribution in [0.3, 0.4) is 0 Å². The van der Waals surface area contributed by atoms with Crippen LogP contribution in [0.1, 0.15) is 17.0 Å². The van der Waals surface area contributed by atoms with Gasteiger partial charge in [0, 0.05) is 19.2 Å². The number of hydrogen-bond donors (Lipinski definition) is 2. The van der Waals surface area contributed by atoms with Crippen molar-refractivity contribution in [3.63, 3.8) is 0 Å². The van der Waals surface area contributed by atoms with Crippen LogP contribution in [0.15, 0.2) is 0 Å². The van der Waals surface area contributed by atoms with E-state index in [0.29, 0.717) is 0 Å². The molecule has 0 aromatic carbocycles. The van der Waals surface area contributed by atoms with Gasteiger partial charge in [-0.3, -0.25) is 10.5 Å². The van der Waals surface area contributed by atoms with Crippen molar-refractivity contribution in [3.8, 4) is 12.3 Å². The lowest BCUT2D eigenvalue weighted by atomic mass is 10.1. The Bertz CT molecular complexity index is 359. The number of rotatable bonds is 3. The SMILES string of the molecule is C#CC(Cc1c(C)nn(C)c1C)NN. The van der Waals surface area contributed by atoms with E-state index in [9.17, 15) is 0 Å². The van der Waals surface area contributed by atoms with Gasteiger partial charge in [0.05, 0.1) is 11.7 Å². The predicted molar refractivity (Wildman–Crippen MR) is 56.3 cm³/mol. The summed E-state index contributed by atoms with van der Waals surface area (Å²) in [4.78, 5) is 0. The first-order chi connectivity index (χ1) is 6.60. The summed E-state index contributed by atoms with van der Waals surface area (Å²) in [6.07, 6.45) is 6.04. The molecule has 0 radical (unpaired) electrons. The Morgan fingerprint density at radius 3 is 2.64 bits per heavy atom. The Morgan fingerprint density at radius 1 is 1.64 bits per heavy atom. The van der Waals surface area contributed by atoms with E-state index < -0.39 is 0 Å². The summed E-state index contributed by atoms with van der Waals surface area (Å²) in [7, 11) is 1.92. The van der Waals surface area contributed by atoms with E-state index in [1.165, 1.54) is 5.56 Å². The van der Waals surface area contributed by atoms with Gasteiger partial charge in [0.25, 0.3) is 0 Å². The minimum atomic E-state index is -0.128. The maximum absolute atomic E-state index is 5.32. The lowest BCUT2D eigenvalue weighted by Gasteiger charge is -2.08. The van der Waals surface area contributed by atoms with E-state index in [0.717, 1.165) is 17.8 Å². The number of nitrogens with two attached hydrogens (primary N) is 1. The van der Waals surface area contributed by atoms with Gasteiger partial charge in [0.1, 0.15) is 0 Å². The van der Waals surface area contributed by atoms with Gasteiger partial charge in [-0.2, -0.15) is 5.10 Å². The standard InChI is InChI=1S/C10H16N4/c1-5-9(12-11)6-10-7(2)13-14(4)8(10)3/h1,9,12H,6,11H2,2-4H3. The van der Waals surface area contributed by atoms with Gasteiger partial charge in [0.2, 0.25) is 0 Å². The molecule has 3 N–H and O–H groups in total. The number of nitrogens with one attached hydrogen (secondary N) is 1. The maximum Gasteiger partial charge on any atom is 0.0856 e. The zero-order valence-electron chi connectivity index (χ0n) is 8.83. The third kappa shape index (κ3) is 1.95. The molecule has 1 aromatic heterocycles. The topological polar surface area (TPSA) is 55.9 Å². The third-order valence-corrected chi connectivity index (χ3v) is 2.47. The second-order valence-electron chi connectivity index (χ2n) is 3.36. The van der Waals surface area contributed by atoms with E-state index >= 15 is 0 Å². The number of hydrogen-bond acceptors (Lipinski definition) is 3. The Morgan fingerprint density at radius 2 is 2.29 bits per heavy atom. The Kier molecular flexibility index (Phi) is 3.28. The lowest BCUT2D eigenvalue weighted by Crippen LogP contribution is -2.35. The molecule has 1 rings (SSSR count). The van der Waals surface area contributed by atoms with Crippen LogP contribution >= 0.6 is 0 Å². The highest BCUT2D eigenvalue weighted by atomic mass is 15.3. The van der Waals surface area contributed by atoms with E-state index in [4.69, 9.17) is 12.3 Å². The summed E-state index contributed by atoms with van der Waals surface area (Å²) < 4.78 is 1.86. The minimum absolute atomic E-state index is 0.128. The minimum Gasteiger partial charge on any atom is -0.272 e. The van der Waals surface area contributed by atoms with E-state index in [1.54, 1.807) is 0 Å². The Labute approximate surface area is 84.5 Å². The van der Waals surface area contributed by atoms with Crippen molar-refractivity contribution >= 4 is 0 Å². The molecule has 4 heteroatoms. The molecule has 1 heterocycles. The zero-order chi connectivity index (χ0) is 10.7. The van der Waals surface area contributed by atoms with Crippen LogP contribution in [-0.2, 0) is 13.5 Å². The smallest absolute Gasteiger partial charge is 0.0856 e. The average molecular weight is 192 g/mol. The number of terminal acetylenes is 1. The van der Waals surface area contributed by atoms with Crippen LogP contribution in [0, 0.1) is 26.2 Å². The maximum atomic E-state index is 5.32.